The maximum absolute atomic E-state index is 12.2. The van der Waals surface area contributed by atoms with Gasteiger partial charge in [-0.1, -0.05) is 18.2 Å². The predicted octanol–water partition coefficient (Wildman–Crippen LogP) is 0.0593. The van der Waals surface area contributed by atoms with Crippen LogP contribution in [0.4, 0.5) is 0 Å². The molecule has 16 heavy (non-hydrogen) atoms. The highest BCUT2D eigenvalue weighted by Gasteiger charge is 2.25. The molecular formula is C12H17N3O. The maximum Gasteiger partial charge on any atom is 0.254 e. The molecule has 1 fully saturated rings. The molecule has 0 saturated carbocycles. The molecule has 86 valence electrons. The van der Waals surface area contributed by atoms with Gasteiger partial charge in [-0.05, 0) is 12.1 Å². The smallest absolute Gasteiger partial charge is 0.254 e. The summed E-state index contributed by atoms with van der Waals surface area (Å²) in [6.07, 6.45) is 0. The highest BCUT2D eigenvalue weighted by Crippen LogP contribution is 2.09. The summed E-state index contributed by atoms with van der Waals surface area (Å²) in [5, 5.41) is 3.25. The summed E-state index contributed by atoms with van der Waals surface area (Å²) in [5.41, 5.74) is 6.41. The molecule has 3 N–H and O–H groups in total. The van der Waals surface area contributed by atoms with Crippen LogP contribution in [0, 0.1) is 0 Å². The molecule has 0 aromatic heterocycles. The fraction of sp³-hybridized carbons (Fsp3) is 0.417. The number of piperazine rings is 1. The zero-order chi connectivity index (χ0) is 11.4. The maximum atomic E-state index is 12.2. The molecule has 4 nitrogen and oxygen atoms in total. The van der Waals surface area contributed by atoms with Crippen molar-refractivity contribution in [2.45, 2.75) is 6.04 Å². The number of amides is 1. The number of hydrogen-bond donors (Lipinski definition) is 2. The second-order valence-corrected chi connectivity index (χ2v) is 3.96. The van der Waals surface area contributed by atoms with Crippen LogP contribution < -0.4 is 11.1 Å². The summed E-state index contributed by atoms with van der Waals surface area (Å²) >= 11 is 0. The topological polar surface area (TPSA) is 58.4 Å². The van der Waals surface area contributed by atoms with Crippen molar-refractivity contribution in [2.75, 3.05) is 26.2 Å². The first-order valence-corrected chi connectivity index (χ1v) is 5.59. The first-order chi connectivity index (χ1) is 7.83. The Morgan fingerprint density at radius 2 is 2.19 bits per heavy atom. The largest absolute Gasteiger partial charge is 0.332 e. The molecule has 1 aromatic rings. The van der Waals surface area contributed by atoms with Gasteiger partial charge in [0.15, 0.2) is 0 Å². The molecule has 0 radical (unpaired) electrons. The Morgan fingerprint density at radius 3 is 2.88 bits per heavy atom. The van der Waals surface area contributed by atoms with Gasteiger partial charge in [0.25, 0.3) is 5.91 Å². The molecule has 1 unspecified atom stereocenters. The number of benzene rings is 1. The number of carbonyl (C=O) groups is 1. The number of rotatable bonds is 2. The summed E-state index contributed by atoms with van der Waals surface area (Å²) in [4.78, 5) is 14.1. The van der Waals surface area contributed by atoms with Crippen LogP contribution in [0.1, 0.15) is 10.4 Å². The molecule has 0 bridgehead atoms. The van der Waals surface area contributed by atoms with E-state index in [0.29, 0.717) is 6.54 Å². The van der Waals surface area contributed by atoms with Gasteiger partial charge in [0, 0.05) is 31.7 Å². The van der Waals surface area contributed by atoms with Gasteiger partial charge in [-0.2, -0.15) is 0 Å². The fourth-order valence-electron chi connectivity index (χ4n) is 1.99. The van der Waals surface area contributed by atoms with E-state index in [2.05, 4.69) is 5.32 Å². The van der Waals surface area contributed by atoms with Gasteiger partial charge < -0.3 is 16.0 Å². The second kappa shape index (κ2) is 5.09. The molecule has 0 aliphatic carbocycles. The van der Waals surface area contributed by atoms with E-state index in [4.69, 9.17) is 5.73 Å². The van der Waals surface area contributed by atoms with Crippen LogP contribution in [0.25, 0.3) is 0 Å². The van der Waals surface area contributed by atoms with Crippen LogP contribution in [-0.4, -0.2) is 43.0 Å². The Labute approximate surface area is 95.4 Å². The zero-order valence-corrected chi connectivity index (χ0v) is 9.23. The van der Waals surface area contributed by atoms with Gasteiger partial charge in [0.05, 0.1) is 6.04 Å². The molecule has 0 spiro atoms. The fourth-order valence-corrected chi connectivity index (χ4v) is 1.99. The van der Waals surface area contributed by atoms with Crippen LogP contribution >= 0.6 is 0 Å². The van der Waals surface area contributed by atoms with Gasteiger partial charge in [0.2, 0.25) is 0 Å². The van der Waals surface area contributed by atoms with Gasteiger partial charge in [-0.15, -0.1) is 0 Å². The second-order valence-electron chi connectivity index (χ2n) is 3.96. The highest BCUT2D eigenvalue weighted by molar-refractivity contribution is 5.94. The Kier molecular flexibility index (Phi) is 3.54. The van der Waals surface area contributed by atoms with E-state index in [-0.39, 0.29) is 11.9 Å². The summed E-state index contributed by atoms with van der Waals surface area (Å²) < 4.78 is 0. The number of nitrogens with one attached hydrogen (secondary N) is 1. The third kappa shape index (κ3) is 2.23. The van der Waals surface area contributed by atoms with E-state index < -0.39 is 0 Å². The lowest BCUT2D eigenvalue weighted by molar-refractivity contribution is 0.0645. The number of nitrogens with two attached hydrogens (primary N) is 1. The number of carbonyl (C=O) groups excluding carboxylic acids is 1. The van der Waals surface area contributed by atoms with E-state index in [0.717, 1.165) is 25.2 Å². The normalized spacial score (nSPS) is 20.8. The Hall–Kier alpha value is -1.39. The zero-order valence-electron chi connectivity index (χ0n) is 9.23. The van der Waals surface area contributed by atoms with Crippen molar-refractivity contribution in [3.05, 3.63) is 35.9 Å². The summed E-state index contributed by atoms with van der Waals surface area (Å²) in [5.74, 6) is 0.0811. The van der Waals surface area contributed by atoms with Gasteiger partial charge >= 0.3 is 0 Å². The van der Waals surface area contributed by atoms with Crippen LogP contribution in [-0.2, 0) is 0 Å². The molecule has 1 aliphatic heterocycles. The first kappa shape index (κ1) is 11.1. The van der Waals surface area contributed by atoms with Crippen molar-refractivity contribution in [3.63, 3.8) is 0 Å². The summed E-state index contributed by atoms with van der Waals surface area (Å²) in [7, 11) is 0. The van der Waals surface area contributed by atoms with Crippen molar-refractivity contribution < 1.29 is 4.79 Å². The third-order valence-corrected chi connectivity index (χ3v) is 2.90. The lowest BCUT2D eigenvalue weighted by Gasteiger charge is -2.35. The molecule has 1 atom stereocenters. The van der Waals surface area contributed by atoms with Crippen LogP contribution in [0.3, 0.4) is 0 Å². The van der Waals surface area contributed by atoms with E-state index in [1.807, 2.05) is 35.2 Å². The van der Waals surface area contributed by atoms with Crippen molar-refractivity contribution in [1.29, 1.82) is 0 Å². The highest BCUT2D eigenvalue weighted by atomic mass is 16.2. The van der Waals surface area contributed by atoms with Crippen LogP contribution in [0.2, 0.25) is 0 Å². The van der Waals surface area contributed by atoms with Crippen LogP contribution in [0.15, 0.2) is 30.3 Å². The van der Waals surface area contributed by atoms with Gasteiger partial charge in [-0.25, -0.2) is 0 Å². The van der Waals surface area contributed by atoms with Gasteiger partial charge in [-0.3, -0.25) is 4.79 Å². The standard InChI is InChI=1S/C12H17N3O/c13-8-11-9-14-6-7-15(11)12(16)10-4-2-1-3-5-10/h1-5,11,14H,6-9,13H2. The van der Waals surface area contributed by atoms with Gasteiger partial charge in [0.1, 0.15) is 0 Å². The minimum Gasteiger partial charge on any atom is -0.332 e. The average molecular weight is 219 g/mol. The third-order valence-electron chi connectivity index (χ3n) is 2.90. The molecule has 2 rings (SSSR count). The van der Waals surface area contributed by atoms with E-state index >= 15 is 0 Å². The average Bonchev–Trinajstić information content (AvgIpc) is 2.39. The monoisotopic (exact) mass is 219 g/mol. The van der Waals surface area contributed by atoms with E-state index in [1.165, 1.54) is 0 Å². The van der Waals surface area contributed by atoms with E-state index in [9.17, 15) is 4.79 Å². The SMILES string of the molecule is NCC1CNCCN1C(=O)c1ccccc1. The minimum atomic E-state index is 0.0811. The molecule has 1 heterocycles. The van der Waals surface area contributed by atoms with Crippen molar-refractivity contribution in [2.24, 2.45) is 5.73 Å². The minimum absolute atomic E-state index is 0.0811. The van der Waals surface area contributed by atoms with Crippen molar-refractivity contribution in [3.8, 4) is 0 Å². The Balaban J connectivity index is 2.14. The van der Waals surface area contributed by atoms with Crippen molar-refractivity contribution in [1.82, 2.24) is 10.2 Å². The number of nitrogens with zero attached hydrogens (tertiary/aromatic N) is 1. The Morgan fingerprint density at radius 1 is 1.44 bits per heavy atom. The quantitative estimate of drug-likeness (QED) is 0.739. The predicted molar refractivity (Wildman–Crippen MR) is 63.2 cm³/mol. The molecule has 1 saturated heterocycles. The molecule has 4 heteroatoms. The first-order valence-electron chi connectivity index (χ1n) is 5.59. The Bertz CT molecular complexity index is 353. The number of hydrogen-bond acceptors (Lipinski definition) is 3. The lowest BCUT2D eigenvalue weighted by Crippen LogP contribution is -2.56. The molecule has 1 amide bonds. The van der Waals surface area contributed by atoms with E-state index in [1.54, 1.807) is 0 Å². The lowest BCUT2D eigenvalue weighted by atomic mass is 10.1. The molecular weight excluding hydrogens is 202 g/mol. The molecule has 1 aromatic carbocycles. The van der Waals surface area contributed by atoms with Crippen molar-refractivity contribution >= 4 is 5.91 Å². The molecule has 1 aliphatic rings. The summed E-state index contributed by atoms with van der Waals surface area (Å²) in [6, 6.07) is 9.48. The summed E-state index contributed by atoms with van der Waals surface area (Å²) in [6.45, 7) is 2.87. The van der Waals surface area contributed by atoms with Crippen LogP contribution in [0.5, 0.6) is 0 Å².